The second kappa shape index (κ2) is 8.67. The van der Waals surface area contributed by atoms with Crippen molar-refractivity contribution >= 4 is 11.8 Å². The number of benzene rings is 2. The van der Waals surface area contributed by atoms with Gasteiger partial charge in [0.1, 0.15) is 19.0 Å². The Morgan fingerprint density at radius 2 is 1.62 bits per heavy atom. The van der Waals surface area contributed by atoms with E-state index >= 15 is 0 Å². The van der Waals surface area contributed by atoms with E-state index in [1.807, 2.05) is 30.3 Å². The average Bonchev–Trinajstić information content (AvgIpc) is 2.59. The average molecular weight is 324 g/mol. The highest BCUT2D eigenvalue weighted by Gasteiger charge is 2.07. The van der Waals surface area contributed by atoms with Gasteiger partial charge in [-0.3, -0.25) is 4.79 Å². The Labute approximate surface area is 141 Å². The fraction of sp³-hybridized carbons (Fsp3) is 0.200. The van der Waals surface area contributed by atoms with Gasteiger partial charge >= 0.3 is 5.97 Å². The zero-order valence-electron chi connectivity index (χ0n) is 13.7. The van der Waals surface area contributed by atoms with Crippen LogP contribution in [0.15, 0.2) is 66.7 Å². The summed E-state index contributed by atoms with van der Waals surface area (Å²) < 4.78 is 10.4. The lowest BCUT2D eigenvalue weighted by Gasteiger charge is -2.08. The number of carbonyl (C=O) groups excluding carboxylic acids is 2. The molecule has 0 aliphatic carbocycles. The summed E-state index contributed by atoms with van der Waals surface area (Å²) in [4.78, 5) is 23.4. The van der Waals surface area contributed by atoms with E-state index in [0.29, 0.717) is 23.3 Å². The molecule has 0 radical (unpaired) electrons. The molecule has 0 saturated heterocycles. The van der Waals surface area contributed by atoms with Gasteiger partial charge < -0.3 is 9.47 Å². The lowest BCUT2D eigenvalue weighted by Crippen LogP contribution is -2.12. The van der Waals surface area contributed by atoms with E-state index in [0.717, 1.165) is 5.56 Å². The number of hydrogen-bond donors (Lipinski definition) is 0. The Balaban J connectivity index is 1.81. The number of carbonyl (C=O) groups is 2. The molecule has 0 fully saturated rings. The van der Waals surface area contributed by atoms with Crippen LogP contribution in [0.3, 0.4) is 0 Å². The molecule has 2 rings (SSSR count). The number of esters is 1. The standard InChI is InChI=1S/C20H20O4/c1-15(2)20(22)24-13-12-23-18-10-8-17(9-11-18)19(21)14-16-6-4-3-5-7-16/h3-11H,1,12-14H2,2H3. The molecule has 0 aromatic heterocycles. The molecular formula is C20H20O4. The predicted molar refractivity (Wildman–Crippen MR) is 92.2 cm³/mol. The van der Waals surface area contributed by atoms with Crippen LogP contribution < -0.4 is 4.74 Å². The van der Waals surface area contributed by atoms with Gasteiger partial charge in [0.15, 0.2) is 5.78 Å². The summed E-state index contributed by atoms with van der Waals surface area (Å²) in [5.74, 6) is 0.251. The Hall–Kier alpha value is -2.88. The van der Waals surface area contributed by atoms with Gasteiger partial charge in [0.2, 0.25) is 0 Å². The molecule has 4 heteroatoms. The van der Waals surface area contributed by atoms with Gasteiger partial charge in [0, 0.05) is 17.6 Å². The highest BCUT2D eigenvalue weighted by molar-refractivity contribution is 5.97. The summed E-state index contributed by atoms with van der Waals surface area (Å²) in [5, 5.41) is 0. The van der Waals surface area contributed by atoms with Gasteiger partial charge in [0.05, 0.1) is 0 Å². The summed E-state index contributed by atoms with van der Waals surface area (Å²) >= 11 is 0. The van der Waals surface area contributed by atoms with Crippen LogP contribution in [0.2, 0.25) is 0 Å². The number of ketones is 1. The van der Waals surface area contributed by atoms with Gasteiger partial charge in [-0.15, -0.1) is 0 Å². The Morgan fingerprint density at radius 3 is 2.25 bits per heavy atom. The third kappa shape index (κ3) is 5.39. The van der Waals surface area contributed by atoms with Crippen LogP contribution in [0.5, 0.6) is 5.75 Å². The van der Waals surface area contributed by atoms with Crippen LogP contribution in [0.4, 0.5) is 0 Å². The Morgan fingerprint density at radius 1 is 0.958 bits per heavy atom. The van der Waals surface area contributed by atoms with Crippen molar-refractivity contribution < 1.29 is 19.1 Å². The van der Waals surface area contributed by atoms with E-state index in [9.17, 15) is 9.59 Å². The van der Waals surface area contributed by atoms with Gasteiger partial charge in [-0.05, 0) is 36.8 Å². The van der Waals surface area contributed by atoms with Crippen LogP contribution in [0.25, 0.3) is 0 Å². The van der Waals surface area contributed by atoms with Crippen LogP contribution in [0, 0.1) is 0 Å². The lowest BCUT2D eigenvalue weighted by molar-refractivity contribution is -0.139. The van der Waals surface area contributed by atoms with Crippen LogP contribution in [-0.4, -0.2) is 25.0 Å². The minimum absolute atomic E-state index is 0.0585. The van der Waals surface area contributed by atoms with E-state index in [1.54, 1.807) is 31.2 Å². The monoisotopic (exact) mass is 324 g/mol. The molecule has 2 aromatic carbocycles. The van der Waals surface area contributed by atoms with E-state index in [1.165, 1.54) is 0 Å². The molecule has 0 bridgehead atoms. The number of Topliss-reactive ketones (excluding diaryl/α,β-unsaturated/α-hetero) is 1. The van der Waals surface area contributed by atoms with Crippen LogP contribution >= 0.6 is 0 Å². The molecule has 4 nitrogen and oxygen atoms in total. The summed E-state index contributed by atoms with van der Waals surface area (Å²) in [6, 6.07) is 16.6. The van der Waals surface area contributed by atoms with Crippen molar-refractivity contribution in [3.63, 3.8) is 0 Å². The second-order valence-electron chi connectivity index (χ2n) is 5.37. The fourth-order valence-corrected chi connectivity index (χ4v) is 2.04. The summed E-state index contributed by atoms with van der Waals surface area (Å²) in [5.41, 5.74) is 1.98. The SMILES string of the molecule is C=C(C)C(=O)OCCOc1ccc(C(=O)Cc2ccccc2)cc1. The maximum atomic E-state index is 12.2. The first-order chi connectivity index (χ1) is 11.6. The molecule has 0 amide bonds. The largest absolute Gasteiger partial charge is 0.490 e. The first-order valence-electron chi connectivity index (χ1n) is 7.69. The third-order valence-corrected chi connectivity index (χ3v) is 3.32. The Kier molecular flexibility index (Phi) is 6.32. The third-order valence-electron chi connectivity index (χ3n) is 3.32. The van der Waals surface area contributed by atoms with Crippen molar-refractivity contribution in [2.24, 2.45) is 0 Å². The molecule has 0 N–H and O–H groups in total. The molecule has 2 aromatic rings. The molecule has 0 heterocycles. The molecule has 24 heavy (non-hydrogen) atoms. The first kappa shape index (κ1) is 17.5. The van der Waals surface area contributed by atoms with Crippen LogP contribution in [0.1, 0.15) is 22.8 Å². The molecule has 0 atom stereocenters. The van der Waals surface area contributed by atoms with Crippen molar-refractivity contribution in [3.05, 3.63) is 77.9 Å². The maximum Gasteiger partial charge on any atom is 0.333 e. The summed E-state index contributed by atoms with van der Waals surface area (Å²) in [7, 11) is 0. The number of hydrogen-bond acceptors (Lipinski definition) is 4. The van der Waals surface area contributed by atoms with Crippen molar-refractivity contribution in [2.75, 3.05) is 13.2 Å². The number of rotatable bonds is 8. The van der Waals surface area contributed by atoms with Crippen LogP contribution in [-0.2, 0) is 16.0 Å². The molecular weight excluding hydrogens is 304 g/mol. The molecule has 124 valence electrons. The van der Waals surface area contributed by atoms with Crippen molar-refractivity contribution in [1.29, 1.82) is 0 Å². The topological polar surface area (TPSA) is 52.6 Å². The van der Waals surface area contributed by atoms with Crippen molar-refractivity contribution in [3.8, 4) is 5.75 Å². The van der Waals surface area contributed by atoms with E-state index < -0.39 is 5.97 Å². The lowest BCUT2D eigenvalue weighted by atomic mass is 10.0. The molecule has 0 saturated carbocycles. The number of ether oxygens (including phenoxy) is 2. The molecule has 0 spiro atoms. The second-order valence-corrected chi connectivity index (χ2v) is 5.37. The van der Waals surface area contributed by atoms with Gasteiger partial charge in [0.25, 0.3) is 0 Å². The highest BCUT2D eigenvalue weighted by atomic mass is 16.6. The Bertz CT molecular complexity index is 702. The van der Waals surface area contributed by atoms with Gasteiger partial charge in [-0.2, -0.15) is 0 Å². The molecule has 0 unspecified atom stereocenters. The summed E-state index contributed by atoms with van der Waals surface area (Å²) in [6.45, 7) is 5.49. The highest BCUT2D eigenvalue weighted by Crippen LogP contribution is 2.14. The fourth-order valence-electron chi connectivity index (χ4n) is 2.04. The van der Waals surface area contributed by atoms with Crippen molar-refractivity contribution in [1.82, 2.24) is 0 Å². The van der Waals surface area contributed by atoms with Gasteiger partial charge in [-0.25, -0.2) is 4.79 Å². The molecule has 0 aliphatic heterocycles. The van der Waals surface area contributed by atoms with Crippen molar-refractivity contribution in [2.45, 2.75) is 13.3 Å². The quantitative estimate of drug-likeness (QED) is 0.322. The zero-order chi connectivity index (χ0) is 17.4. The summed E-state index contributed by atoms with van der Waals surface area (Å²) in [6.07, 6.45) is 0.373. The minimum Gasteiger partial charge on any atom is -0.490 e. The van der Waals surface area contributed by atoms with E-state index in [-0.39, 0.29) is 19.0 Å². The predicted octanol–water partition coefficient (Wildman–Crippen LogP) is 3.61. The normalized spacial score (nSPS) is 10.0. The zero-order valence-corrected chi connectivity index (χ0v) is 13.7. The minimum atomic E-state index is -0.430. The van der Waals surface area contributed by atoms with E-state index in [4.69, 9.17) is 9.47 Å². The van der Waals surface area contributed by atoms with E-state index in [2.05, 4.69) is 6.58 Å². The molecule has 0 aliphatic rings. The maximum absolute atomic E-state index is 12.2. The first-order valence-corrected chi connectivity index (χ1v) is 7.69. The van der Waals surface area contributed by atoms with Gasteiger partial charge in [-0.1, -0.05) is 36.9 Å². The smallest absolute Gasteiger partial charge is 0.333 e.